The van der Waals surface area contributed by atoms with Gasteiger partial charge in [0.2, 0.25) is 0 Å². The van der Waals surface area contributed by atoms with E-state index in [9.17, 15) is 28.6 Å². The van der Waals surface area contributed by atoms with E-state index < -0.39 is 26.5 Å². The van der Waals surface area contributed by atoms with E-state index in [0.717, 1.165) is 43.5 Å². The number of rotatable bonds is 11. The molecule has 1 aromatic carbocycles. The van der Waals surface area contributed by atoms with E-state index in [1.165, 1.54) is 6.08 Å². The first-order valence-corrected chi connectivity index (χ1v) is 8.93. The molecular formula is C14H19N3O7S. The molecule has 0 spiro atoms. The molecule has 0 radical (unpaired) electrons. The fourth-order valence-corrected chi connectivity index (χ4v) is 2.62. The summed E-state index contributed by atoms with van der Waals surface area (Å²) in [5.74, 6) is 0. The second-order valence-electron chi connectivity index (χ2n) is 5.06. The Morgan fingerprint density at radius 3 is 2.36 bits per heavy atom. The third kappa shape index (κ3) is 6.95. The molecule has 0 aromatic heterocycles. The highest BCUT2D eigenvalue weighted by Crippen LogP contribution is 2.17. The van der Waals surface area contributed by atoms with Crippen LogP contribution in [0.4, 0.5) is 5.69 Å². The second kappa shape index (κ2) is 9.81. The molecule has 0 aliphatic rings. The Bertz CT molecular complexity index is 729. The van der Waals surface area contributed by atoms with Gasteiger partial charge in [-0.15, -0.1) is 0 Å². The van der Waals surface area contributed by atoms with Crippen LogP contribution in [0.1, 0.15) is 32.6 Å². The lowest BCUT2D eigenvalue weighted by Gasteiger charge is -2.05. The van der Waals surface area contributed by atoms with E-state index in [-0.39, 0.29) is 16.3 Å². The first kappa shape index (κ1) is 20.7. The predicted molar refractivity (Wildman–Crippen MR) is 88.6 cm³/mol. The number of hydrogen-bond acceptors (Lipinski definition) is 8. The van der Waals surface area contributed by atoms with Crippen molar-refractivity contribution in [3.8, 4) is 0 Å². The maximum absolute atomic E-state index is 11.9. The van der Waals surface area contributed by atoms with Crippen LogP contribution in [0, 0.1) is 20.2 Å². The van der Waals surface area contributed by atoms with Crippen LogP contribution in [0.25, 0.3) is 0 Å². The van der Waals surface area contributed by atoms with E-state index in [0.29, 0.717) is 6.42 Å². The molecule has 1 N–H and O–H groups in total. The fourth-order valence-electron chi connectivity index (χ4n) is 1.84. The van der Waals surface area contributed by atoms with Crippen LogP contribution in [-0.2, 0) is 14.4 Å². The minimum atomic E-state index is -4.24. The van der Waals surface area contributed by atoms with Gasteiger partial charge >= 0.3 is 10.1 Å². The molecule has 0 fully saturated rings. The van der Waals surface area contributed by atoms with Crippen molar-refractivity contribution < 1.29 is 22.5 Å². The van der Waals surface area contributed by atoms with E-state index in [2.05, 4.69) is 9.76 Å². The minimum absolute atomic E-state index is 0.199. The summed E-state index contributed by atoms with van der Waals surface area (Å²) in [5.41, 5.74) is 1.59. The molecule has 0 bridgehead atoms. The maximum atomic E-state index is 11.9. The van der Waals surface area contributed by atoms with E-state index in [1.54, 1.807) is 0 Å². The molecule has 0 saturated carbocycles. The SMILES string of the molecule is CCCCC/C=C(\CNOS(=O)(=O)c1ccc([N+](=O)[O-])cc1)[N+](=O)[O-]. The van der Waals surface area contributed by atoms with Crippen molar-refractivity contribution in [2.45, 2.75) is 37.5 Å². The first-order valence-electron chi connectivity index (χ1n) is 7.52. The van der Waals surface area contributed by atoms with Gasteiger partial charge in [0.1, 0.15) is 6.54 Å². The third-order valence-electron chi connectivity index (χ3n) is 3.18. The summed E-state index contributed by atoms with van der Waals surface area (Å²) in [6.07, 6.45) is 4.66. The molecule has 1 aromatic rings. The van der Waals surface area contributed by atoms with Crippen LogP contribution in [0.15, 0.2) is 40.9 Å². The molecule has 0 aliphatic heterocycles. The smallest absolute Gasteiger partial charge is 0.259 e. The Hall–Kier alpha value is -2.37. The van der Waals surface area contributed by atoms with Crippen molar-refractivity contribution in [2.75, 3.05) is 6.54 Å². The van der Waals surface area contributed by atoms with Crippen LogP contribution in [0.3, 0.4) is 0 Å². The van der Waals surface area contributed by atoms with Gasteiger partial charge in [-0.1, -0.05) is 19.8 Å². The number of nitrogens with zero attached hydrogens (tertiary/aromatic N) is 2. The number of non-ortho nitro benzene ring substituents is 1. The lowest BCUT2D eigenvalue weighted by Crippen LogP contribution is -2.24. The van der Waals surface area contributed by atoms with Gasteiger partial charge in [0.25, 0.3) is 11.4 Å². The average Bonchev–Trinajstić information content (AvgIpc) is 2.56. The first-order chi connectivity index (χ1) is 11.8. The Labute approximate surface area is 144 Å². The van der Waals surface area contributed by atoms with Gasteiger partial charge in [0.05, 0.1) is 14.7 Å². The molecule has 1 rings (SSSR count). The highest BCUT2D eigenvalue weighted by atomic mass is 32.2. The van der Waals surface area contributed by atoms with Gasteiger partial charge in [0, 0.05) is 12.1 Å². The Balaban J connectivity index is 2.64. The standard InChI is InChI=1S/C14H19N3O7S/c1-2-3-4-5-6-13(17(20)21)11-15-24-25(22,23)14-9-7-12(8-10-14)16(18)19/h6-10,15H,2-5,11H2,1H3/b13-6+. The molecule has 0 atom stereocenters. The number of hydrogen-bond donors (Lipinski definition) is 1. The summed E-state index contributed by atoms with van der Waals surface area (Å²) in [6, 6.07) is 4.08. The maximum Gasteiger partial charge on any atom is 0.312 e. The quantitative estimate of drug-likeness (QED) is 0.354. The molecule has 25 heavy (non-hydrogen) atoms. The molecule has 0 aliphatic carbocycles. The molecule has 10 nitrogen and oxygen atoms in total. The van der Waals surface area contributed by atoms with Crippen LogP contribution in [0.2, 0.25) is 0 Å². The Kier molecular flexibility index (Phi) is 8.11. The number of benzene rings is 1. The summed E-state index contributed by atoms with van der Waals surface area (Å²) in [4.78, 5) is 19.9. The molecule has 0 unspecified atom stereocenters. The molecule has 0 saturated heterocycles. The topological polar surface area (TPSA) is 142 Å². The van der Waals surface area contributed by atoms with Gasteiger partial charge in [-0.2, -0.15) is 18.2 Å². The highest BCUT2D eigenvalue weighted by Gasteiger charge is 2.19. The Morgan fingerprint density at radius 1 is 1.20 bits per heavy atom. The van der Waals surface area contributed by atoms with Crippen molar-refractivity contribution in [3.05, 3.63) is 56.3 Å². The van der Waals surface area contributed by atoms with E-state index in [1.807, 2.05) is 6.92 Å². The van der Waals surface area contributed by atoms with Gasteiger partial charge in [-0.3, -0.25) is 20.2 Å². The second-order valence-corrected chi connectivity index (χ2v) is 6.60. The third-order valence-corrected chi connectivity index (χ3v) is 4.37. The summed E-state index contributed by atoms with van der Waals surface area (Å²) < 4.78 is 28.4. The summed E-state index contributed by atoms with van der Waals surface area (Å²) in [6.45, 7) is 1.61. The number of unbranched alkanes of at least 4 members (excludes halogenated alkanes) is 3. The van der Waals surface area contributed by atoms with Gasteiger partial charge in [-0.25, -0.2) is 0 Å². The monoisotopic (exact) mass is 373 g/mol. The van der Waals surface area contributed by atoms with Gasteiger partial charge < -0.3 is 0 Å². The number of hydroxylamine groups is 1. The van der Waals surface area contributed by atoms with E-state index >= 15 is 0 Å². The zero-order chi connectivity index (χ0) is 18.9. The van der Waals surface area contributed by atoms with Crippen molar-refractivity contribution in [1.82, 2.24) is 5.48 Å². The average molecular weight is 373 g/mol. The zero-order valence-electron chi connectivity index (χ0n) is 13.6. The van der Waals surface area contributed by atoms with Crippen LogP contribution in [0.5, 0.6) is 0 Å². The number of nitro groups is 2. The van der Waals surface area contributed by atoms with Crippen molar-refractivity contribution in [3.63, 3.8) is 0 Å². The van der Waals surface area contributed by atoms with Gasteiger partial charge in [-0.05, 0) is 31.1 Å². The van der Waals surface area contributed by atoms with Crippen molar-refractivity contribution in [2.24, 2.45) is 0 Å². The summed E-state index contributed by atoms with van der Waals surface area (Å²) >= 11 is 0. The molecular weight excluding hydrogens is 354 g/mol. The van der Waals surface area contributed by atoms with Crippen LogP contribution >= 0.6 is 0 Å². The summed E-state index contributed by atoms with van der Waals surface area (Å²) in [7, 11) is -4.24. The molecule has 0 amide bonds. The lowest BCUT2D eigenvalue weighted by molar-refractivity contribution is -0.427. The number of nitro benzene ring substituents is 1. The number of allylic oxidation sites excluding steroid dienone is 1. The molecule has 0 heterocycles. The number of nitrogens with one attached hydrogen (secondary N) is 1. The molecule has 138 valence electrons. The normalized spacial score (nSPS) is 12.1. The predicted octanol–water partition coefficient (Wildman–Crippen LogP) is 2.55. The fraction of sp³-hybridized carbons (Fsp3) is 0.429. The van der Waals surface area contributed by atoms with E-state index in [4.69, 9.17) is 0 Å². The Morgan fingerprint density at radius 2 is 1.84 bits per heavy atom. The highest BCUT2D eigenvalue weighted by molar-refractivity contribution is 7.86. The summed E-state index contributed by atoms with van der Waals surface area (Å²) in [5, 5.41) is 21.5. The lowest BCUT2D eigenvalue weighted by atomic mass is 10.2. The van der Waals surface area contributed by atoms with Crippen LogP contribution < -0.4 is 5.48 Å². The van der Waals surface area contributed by atoms with Crippen LogP contribution in [-0.4, -0.2) is 24.8 Å². The zero-order valence-corrected chi connectivity index (χ0v) is 14.4. The molecule has 11 heteroatoms. The minimum Gasteiger partial charge on any atom is -0.259 e. The van der Waals surface area contributed by atoms with Crippen molar-refractivity contribution in [1.29, 1.82) is 0 Å². The van der Waals surface area contributed by atoms with Gasteiger partial charge in [0.15, 0.2) is 0 Å². The van der Waals surface area contributed by atoms with Crippen molar-refractivity contribution >= 4 is 15.8 Å². The largest absolute Gasteiger partial charge is 0.312 e.